The minimum Gasteiger partial charge on any atom is -0.490 e. The van der Waals surface area contributed by atoms with Crippen molar-refractivity contribution in [3.05, 3.63) is 23.8 Å². The first-order chi connectivity index (χ1) is 11.1. The molecule has 1 aromatic carbocycles. The zero-order valence-electron chi connectivity index (χ0n) is 13.6. The Morgan fingerprint density at radius 2 is 2.04 bits per heavy atom. The first-order valence-electron chi connectivity index (χ1n) is 7.98. The highest BCUT2D eigenvalue weighted by Gasteiger charge is 2.31. The van der Waals surface area contributed by atoms with Crippen molar-refractivity contribution in [2.75, 3.05) is 26.3 Å². The average molecular weight is 321 g/mol. The minimum absolute atomic E-state index is 0.170. The van der Waals surface area contributed by atoms with Gasteiger partial charge >= 0.3 is 5.97 Å². The number of hydrogen-bond donors (Lipinski definition) is 1. The number of rotatable bonds is 7. The highest BCUT2D eigenvalue weighted by molar-refractivity contribution is 5.95. The maximum Gasteiger partial charge on any atom is 0.308 e. The number of benzene rings is 1. The second kappa shape index (κ2) is 7.85. The van der Waals surface area contributed by atoms with E-state index in [0.29, 0.717) is 43.2 Å². The van der Waals surface area contributed by atoms with E-state index in [1.165, 1.54) is 0 Å². The Hall–Kier alpha value is -2.24. The van der Waals surface area contributed by atoms with E-state index in [9.17, 15) is 9.59 Å². The molecule has 0 unspecified atom stereocenters. The largest absolute Gasteiger partial charge is 0.490 e. The van der Waals surface area contributed by atoms with Crippen LogP contribution in [-0.4, -0.2) is 48.2 Å². The average Bonchev–Trinajstić information content (AvgIpc) is 3.03. The Bertz CT molecular complexity index is 572. The van der Waals surface area contributed by atoms with Gasteiger partial charge < -0.3 is 19.5 Å². The summed E-state index contributed by atoms with van der Waals surface area (Å²) in [7, 11) is 0. The number of aliphatic carboxylic acids is 1. The second-order valence-electron chi connectivity index (χ2n) is 5.52. The van der Waals surface area contributed by atoms with Gasteiger partial charge in [-0.3, -0.25) is 9.59 Å². The number of carbonyl (C=O) groups excluding carboxylic acids is 1. The normalized spacial score (nSPS) is 17.1. The lowest BCUT2D eigenvalue weighted by Gasteiger charge is -2.17. The molecule has 1 aliphatic rings. The molecule has 0 bridgehead atoms. The van der Waals surface area contributed by atoms with Gasteiger partial charge in [0.1, 0.15) is 0 Å². The Morgan fingerprint density at radius 3 is 2.65 bits per heavy atom. The van der Waals surface area contributed by atoms with E-state index in [-0.39, 0.29) is 12.5 Å². The molecule has 0 spiro atoms. The third-order valence-electron chi connectivity index (χ3n) is 3.78. The summed E-state index contributed by atoms with van der Waals surface area (Å²) in [6.07, 6.45) is 1.38. The first-order valence-corrected chi connectivity index (χ1v) is 7.98. The van der Waals surface area contributed by atoms with Crippen LogP contribution in [0.15, 0.2) is 18.2 Å². The van der Waals surface area contributed by atoms with E-state index in [1.807, 2.05) is 13.8 Å². The van der Waals surface area contributed by atoms with Crippen molar-refractivity contribution in [1.82, 2.24) is 4.90 Å². The molecular formula is C17H23NO5. The van der Waals surface area contributed by atoms with Crippen molar-refractivity contribution >= 4 is 11.9 Å². The molecule has 1 N–H and O–H groups in total. The summed E-state index contributed by atoms with van der Waals surface area (Å²) in [6.45, 7) is 5.67. The molecule has 1 amide bonds. The fraction of sp³-hybridized carbons (Fsp3) is 0.529. The summed E-state index contributed by atoms with van der Waals surface area (Å²) < 4.78 is 11.2. The molecule has 6 heteroatoms. The molecule has 0 saturated carbocycles. The van der Waals surface area contributed by atoms with Crippen LogP contribution in [0.2, 0.25) is 0 Å². The number of ether oxygens (including phenoxy) is 2. The molecule has 126 valence electrons. The minimum atomic E-state index is -0.849. The predicted octanol–water partition coefficient (Wildman–Crippen LogP) is 2.42. The molecule has 0 radical (unpaired) electrons. The predicted molar refractivity (Wildman–Crippen MR) is 85.0 cm³/mol. The van der Waals surface area contributed by atoms with E-state index in [2.05, 4.69) is 0 Å². The monoisotopic (exact) mass is 321 g/mol. The molecule has 1 saturated heterocycles. The summed E-state index contributed by atoms with van der Waals surface area (Å²) >= 11 is 0. The van der Waals surface area contributed by atoms with Gasteiger partial charge in [-0.2, -0.15) is 0 Å². The number of nitrogens with zero attached hydrogens (tertiary/aromatic N) is 1. The van der Waals surface area contributed by atoms with Crippen molar-refractivity contribution in [3.63, 3.8) is 0 Å². The number of amides is 1. The molecule has 1 fully saturated rings. The first kappa shape index (κ1) is 17.1. The van der Waals surface area contributed by atoms with Crippen molar-refractivity contribution in [2.24, 2.45) is 5.92 Å². The third kappa shape index (κ3) is 4.15. The molecule has 23 heavy (non-hydrogen) atoms. The van der Waals surface area contributed by atoms with Gasteiger partial charge in [0.15, 0.2) is 11.5 Å². The third-order valence-corrected chi connectivity index (χ3v) is 3.78. The lowest BCUT2D eigenvalue weighted by Crippen LogP contribution is -2.29. The molecule has 6 nitrogen and oxygen atoms in total. The summed E-state index contributed by atoms with van der Waals surface area (Å²) in [5.74, 6) is -0.330. The lowest BCUT2D eigenvalue weighted by molar-refractivity contribution is -0.141. The molecular weight excluding hydrogens is 298 g/mol. The van der Waals surface area contributed by atoms with Crippen LogP contribution in [0.5, 0.6) is 11.5 Å². The highest BCUT2D eigenvalue weighted by atomic mass is 16.5. The fourth-order valence-corrected chi connectivity index (χ4v) is 2.57. The van der Waals surface area contributed by atoms with Gasteiger partial charge in [-0.15, -0.1) is 0 Å². The van der Waals surface area contributed by atoms with Gasteiger partial charge in [-0.25, -0.2) is 0 Å². The summed E-state index contributed by atoms with van der Waals surface area (Å²) in [5.41, 5.74) is 0.489. The number of carboxylic acid groups (broad SMARTS) is 1. The molecule has 1 aromatic rings. The summed E-state index contributed by atoms with van der Waals surface area (Å²) in [6, 6.07) is 5.10. The number of hydrogen-bond acceptors (Lipinski definition) is 4. The van der Waals surface area contributed by atoms with Crippen LogP contribution in [0, 0.1) is 5.92 Å². The van der Waals surface area contributed by atoms with Gasteiger partial charge in [0, 0.05) is 18.7 Å². The standard InChI is InChI=1S/C17H23NO5/c1-3-9-23-14-6-5-12(10-15(14)22-4-2)16(19)18-8-7-13(11-18)17(20)21/h5-6,10,13H,3-4,7-9,11H2,1-2H3,(H,20,21)/t13-/m0/s1. The quantitative estimate of drug-likeness (QED) is 0.834. The lowest BCUT2D eigenvalue weighted by atomic mass is 10.1. The van der Waals surface area contributed by atoms with Crippen molar-refractivity contribution < 1.29 is 24.2 Å². The number of carboxylic acids is 1. The van der Waals surface area contributed by atoms with Crippen LogP contribution < -0.4 is 9.47 Å². The zero-order chi connectivity index (χ0) is 16.8. The second-order valence-corrected chi connectivity index (χ2v) is 5.52. The molecule has 1 heterocycles. The molecule has 0 aromatic heterocycles. The SMILES string of the molecule is CCCOc1ccc(C(=O)N2CC[C@H](C(=O)O)C2)cc1OCC. The Balaban J connectivity index is 2.14. The fourth-order valence-electron chi connectivity index (χ4n) is 2.57. The smallest absolute Gasteiger partial charge is 0.308 e. The van der Waals surface area contributed by atoms with E-state index < -0.39 is 11.9 Å². The van der Waals surface area contributed by atoms with Crippen molar-refractivity contribution in [1.29, 1.82) is 0 Å². The Labute approximate surface area is 136 Å². The van der Waals surface area contributed by atoms with E-state index in [1.54, 1.807) is 23.1 Å². The topological polar surface area (TPSA) is 76.1 Å². The number of carbonyl (C=O) groups is 2. The Kier molecular flexibility index (Phi) is 5.84. The van der Waals surface area contributed by atoms with Crippen molar-refractivity contribution in [3.8, 4) is 11.5 Å². The van der Waals surface area contributed by atoms with Gasteiger partial charge in [-0.05, 0) is 38.0 Å². The van der Waals surface area contributed by atoms with Gasteiger partial charge in [0.2, 0.25) is 0 Å². The van der Waals surface area contributed by atoms with Gasteiger partial charge in [0.25, 0.3) is 5.91 Å². The van der Waals surface area contributed by atoms with Gasteiger partial charge in [0.05, 0.1) is 19.1 Å². The summed E-state index contributed by atoms with van der Waals surface area (Å²) in [5, 5.41) is 9.04. The van der Waals surface area contributed by atoms with Crippen LogP contribution in [0.4, 0.5) is 0 Å². The van der Waals surface area contributed by atoms with E-state index in [0.717, 1.165) is 6.42 Å². The van der Waals surface area contributed by atoms with Crippen LogP contribution in [0.1, 0.15) is 37.0 Å². The Morgan fingerprint density at radius 1 is 1.26 bits per heavy atom. The molecule has 2 rings (SSSR count). The molecule has 1 aliphatic heterocycles. The van der Waals surface area contributed by atoms with Crippen LogP contribution in [-0.2, 0) is 4.79 Å². The highest BCUT2D eigenvalue weighted by Crippen LogP contribution is 2.30. The van der Waals surface area contributed by atoms with Gasteiger partial charge in [-0.1, -0.05) is 6.92 Å². The maximum atomic E-state index is 12.5. The molecule has 1 atom stereocenters. The molecule has 0 aliphatic carbocycles. The van der Waals surface area contributed by atoms with Crippen molar-refractivity contribution in [2.45, 2.75) is 26.7 Å². The van der Waals surface area contributed by atoms with Crippen LogP contribution in [0.25, 0.3) is 0 Å². The number of likely N-dealkylation sites (tertiary alicyclic amines) is 1. The maximum absolute atomic E-state index is 12.5. The van der Waals surface area contributed by atoms with E-state index in [4.69, 9.17) is 14.6 Å². The summed E-state index contributed by atoms with van der Waals surface area (Å²) in [4.78, 5) is 25.1. The van der Waals surface area contributed by atoms with Crippen LogP contribution in [0.3, 0.4) is 0 Å². The van der Waals surface area contributed by atoms with E-state index >= 15 is 0 Å². The van der Waals surface area contributed by atoms with Crippen LogP contribution >= 0.6 is 0 Å². The zero-order valence-corrected chi connectivity index (χ0v) is 13.6.